The van der Waals surface area contributed by atoms with Gasteiger partial charge in [-0.15, -0.1) is 0 Å². The highest BCUT2D eigenvalue weighted by Crippen LogP contribution is 2.45. The summed E-state index contributed by atoms with van der Waals surface area (Å²) in [6, 6.07) is 5.24. The Balaban J connectivity index is 1.50. The van der Waals surface area contributed by atoms with E-state index in [2.05, 4.69) is 9.88 Å². The van der Waals surface area contributed by atoms with Crippen LogP contribution in [0.4, 0.5) is 0 Å². The molecule has 1 N–H and O–H groups in total. The highest BCUT2D eigenvalue weighted by Gasteiger charge is 2.43. The Morgan fingerprint density at radius 1 is 1.32 bits per heavy atom. The van der Waals surface area contributed by atoms with E-state index in [1.165, 1.54) is 38.8 Å². The quantitative estimate of drug-likeness (QED) is 0.901. The van der Waals surface area contributed by atoms with Crippen molar-refractivity contribution in [2.45, 2.75) is 32.1 Å². The third kappa shape index (κ3) is 2.63. The first kappa shape index (κ1) is 12.6. The SMILES string of the molecule is O=C(O)c1cccc(CCN2CC3(CCCC3)C2)n1. The van der Waals surface area contributed by atoms with Gasteiger partial charge in [0.1, 0.15) is 5.69 Å². The predicted molar refractivity (Wildman–Crippen MR) is 72.2 cm³/mol. The van der Waals surface area contributed by atoms with Crippen molar-refractivity contribution in [3.8, 4) is 0 Å². The molecule has 0 unspecified atom stereocenters. The zero-order chi connectivity index (χ0) is 13.3. The maximum Gasteiger partial charge on any atom is 0.354 e. The molecule has 19 heavy (non-hydrogen) atoms. The van der Waals surface area contributed by atoms with E-state index in [4.69, 9.17) is 5.11 Å². The summed E-state index contributed by atoms with van der Waals surface area (Å²) in [5.41, 5.74) is 1.66. The molecule has 3 rings (SSSR count). The first-order valence-corrected chi connectivity index (χ1v) is 7.09. The number of likely N-dealkylation sites (tertiary alicyclic amines) is 1. The molecule has 2 aliphatic rings. The molecule has 102 valence electrons. The summed E-state index contributed by atoms with van der Waals surface area (Å²) >= 11 is 0. The van der Waals surface area contributed by atoms with E-state index in [-0.39, 0.29) is 5.69 Å². The van der Waals surface area contributed by atoms with Crippen LogP contribution in [0.3, 0.4) is 0 Å². The van der Waals surface area contributed by atoms with Gasteiger partial charge >= 0.3 is 5.97 Å². The molecular formula is C15H20N2O2. The minimum Gasteiger partial charge on any atom is -0.477 e. The second-order valence-corrected chi connectivity index (χ2v) is 5.99. The van der Waals surface area contributed by atoms with Crippen molar-refractivity contribution in [3.63, 3.8) is 0 Å². The molecule has 2 heterocycles. The highest BCUT2D eigenvalue weighted by atomic mass is 16.4. The lowest BCUT2D eigenvalue weighted by Gasteiger charge is -2.48. The lowest BCUT2D eigenvalue weighted by molar-refractivity contribution is 0.00714. The molecule has 1 aliphatic carbocycles. The molecule has 1 aromatic rings. The van der Waals surface area contributed by atoms with E-state index in [9.17, 15) is 4.79 Å². The summed E-state index contributed by atoms with van der Waals surface area (Å²) in [6.07, 6.45) is 6.44. The number of carbonyl (C=O) groups is 1. The van der Waals surface area contributed by atoms with Crippen LogP contribution in [0.15, 0.2) is 18.2 Å². The van der Waals surface area contributed by atoms with E-state index in [1.54, 1.807) is 12.1 Å². The van der Waals surface area contributed by atoms with Crippen LogP contribution in [0.25, 0.3) is 0 Å². The van der Waals surface area contributed by atoms with Crippen LogP contribution in [0.5, 0.6) is 0 Å². The summed E-state index contributed by atoms with van der Waals surface area (Å²) in [5, 5.41) is 8.91. The molecule has 1 spiro atoms. The summed E-state index contributed by atoms with van der Waals surface area (Å²) in [6.45, 7) is 3.45. The lowest BCUT2D eigenvalue weighted by atomic mass is 9.78. The average molecular weight is 260 g/mol. The smallest absolute Gasteiger partial charge is 0.354 e. The number of rotatable bonds is 4. The highest BCUT2D eigenvalue weighted by molar-refractivity contribution is 5.85. The van der Waals surface area contributed by atoms with Gasteiger partial charge in [-0.1, -0.05) is 18.9 Å². The minimum absolute atomic E-state index is 0.147. The Hall–Kier alpha value is -1.42. The van der Waals surface area contributed by atoms with Gasteiger partial charge in [0.15, 0.2) is 0 Å². The zero-order valence-corrected chi connectivity index (χ0v) is 11.1. The topological polar surface area (TPSA) is 53.4 Å². The fraction of sp³-hybridized carbons (Fsp3) is 0.600. The molecule has 0 radical (unpaired) electrons. The van der Waals surface area contributed by atoms with Crippen molar-refractivity contribution < 1.29 is 9.90 Å². The summed E-state index contributed by atoms with van der Waals surface area (Å²) < 4.78 is 0. The Morgan fingerprint density at radius 3 is 2.74 bits per heavy atom. The van der Waals surface area contributed by atoms with Gasteiger partial charge in [0, 0.05) is 31.7 Å². The van der Waals surface area contributed by atoms with Crippen molar-refractivity contribution in [1.82, 2.24) is 9.88 Å². The predicted octanol–water partition coefficient (Wildman–Crippen LogP) is 2.20. The van der Waals surface area contributed by atoms with Crippen LogP contribution in [0.1, 0.15) is 41.9 Å². The number of aromatic nitrogens is 1. The first-order valence-electron chi connectivity index (χ1n) is 7.09. The molecule has 1 saturated carbocycles. The summed E-state index contributed by atoms with van der Waals surface area (Å²) in [7, 11) is 0. The number of hydrogen-bond acceptors (Lipinski definition) is 3. The van der Waals surface area contributed by atoms with E-state index < -0.39 is 5.97 Å². The van der Waals surface area contributed by atoms with Gasteiger partial charge in [0.05, 0.1) is 0 Å². The van der Waals surface area contributed by atoms with Crippen molar-refractivity contribution in [3.05, 3.63) is 29.6 Å². The van der Waals surface area contributed by atoms with E-state index in [0.29, 0.717) is 5.41 Å². The Bertz CT molecular complexity index is 473. The average Bonchev–Trinajstić information content (AvgIpc) is 2.85. The van der Waals surface area contributed by atoms with Gasteiger partial charge < -0.3 is 10.0 Å². The first-order chi connectivity index (χ1) is 9.17. The van der Waals surface area contributed by atoms with Crippen LogP contribution >= 0.6 is 0 Å². The number of carboxylic acid groups (broad SMARTS) is 1. The second-order valence-electron chi connectivity index (χ2n) is 5.99. The van der Waals surface area contributed by atoms with Gasteiger partial charge in [-0.05, 0) is 30.4 Å². The van der Waals surface area contributed by atoms with Gasteiger partial charge in [0.2, 0.25) is 0 Å². The van der Waals surface area contributed by atoms with Crippen molar-refractivity contribution in [1.29, 1.82) is 0 Å². The number of pyridine rings is 1. The molecule has 4 nitrogen and oxygen atoms in total. The van der Waals surface area contributed by atoms with Crippen LogP contribution in [-0.4, -0.2) is 40.6 Å². The van der Waals surface area contributed by atoms with Crippen molar-refractivity contribution in [2.24, 2.45) is 5.41 Å². The number of carboxylic acids is 1. The Kier molecular flexibility index (Phi) is 3.27. The third-order valence-electron chi connectivity index (χ3n) is 4.49. The van der Waals surface area contributed by atoms with Crippen LogP contribution < -0.4 is 0 Å². The van der Waals surface area contributed by atoms with E-state index in [0.717, 1.165) is 18.7 Å². The fourth-order valence-electron chi connectivity index (χ4n) is 3.51. The van der Waals surface area contributed by atoms with E-state index >= 15 is 0 Å². The maximum absolute atomic E-state index is 10.9. The molecule has 4 heteroatoms. The molecule has 1 saturated heterocycles. The zero-order valence-electron chi connectivity index (χ0n) is 11.1. The molecule has 0 aromatic carbocycles. The normalized spacial score (nSPS) is 21.5. The summed E-state index contributed by atoms with van der Waals surface area (Å²) in [5.74, 6) is -0.948. The molecule has 2 fully saturated rings. The third-order valence-corrected chi connectivity index (χ3v) is 4.49. The van der Waals surface area contributed by atoms with Gasteiger partial charge in [-0.25, -0.2) is 9.78 Å². The molecule has 0 bridgehead atoms. The van der Waals surface area contributed by atoms with Gasteiger partial charge in [-0.3, -0.25) is 0 Å². The molecule has 1 aromatic heterocycles. The lowest BCUT2D eigenvalue weighted by Crippen LogP contribution is -2.55. The van der Waals surface area contributed by atoms with Gasteiger partial charge in [0.25, 0.3) is 0 Å². The molecule has 0 amide bonds. The number of nitrogens with zero attached hydrogens (tertiary/aromatic N) is 2. The largest absolute Gasteiger partial charge is 0.477 e. The van der Waals surface area contributed by atoms with Crippen molar-refractivity contribution >= 4 is 5.97 Å². The summed E-state index contributed by atoms with van der Waals surface area (Å²) in [4.78, 5) is 17.5. The molecule has 0 atom stereocenters. The number of aromatic carboxylic acids is 1. The molecule has 1 aliphatic heterocycles. The standard InChI is InChI=1S/C15H20N2O2/c18-14(19)13-5-3-4-12(16-13)6-9-17-10-15(11-17)7-1-2-8-15/h3-5H,1-2,6-11H2,(H,18,19). The minimum atomic E-state index is -0.948. The Labute approximate surface area is 113 Å². The molecular weight excluding hydrogens is 240 g/mol. The monoisotopic (exact) mass is 260 g/mol. The van der Waals surface area contributed by atoms with E-state index in [1.807, 2.05) is 6.07 Å². The van der Waals surface area contributed by atoms with Crippen LogP contribution in [0.2, 0.25) is 0 Å². The van der Waals surface area contributed by atoms with Gasteiger partial charge in [-0.2, -0.15) is 0 Å². The van der Waals surface area contributed by atoms with Crippen molar-refractivity contribution in [2.75, 3.05) is 19.6 Å². The van der Waals surface area contributed by atoms with Crippen LogP contribution in [-0.2, 0) is 6.42 Å². The maximum atomic E-state index is 10.9. The Morgan fingerprint density at radius 2 is 2.05 bits per heavy atom. The second kappa shape index (κ2) is 4.93. The fourth-order valence-corrected chi connectivity index (χ4v) is 3.51. The number of hydrogen-bond donors (Lipinski definition) is 1. The van der Waals surface area contributed by atoms with Crippen LogP contribution in [0, 0.1) is 5.41 Å².